The first-order valence-corrected chi connectivity index (χ1v) is 11.1. The van der Waals surface area contributed by atoms with Crippen LogP contribution in [0.25, 0.3) is 0 Å². The summed E-state index contributed by atoms with van der Waals surface area (Å²) in [5.41, 5.74) is 0.747. The van der Waals surface area contributed by atoms with E-state index in [9.17, 15) is 22.9 Å². The maximum absolute atomic E-state index is 13.3. The summed E-state index contributed by atoms with van der Waals surface area (Å²) in [7, 11) is -3.83. The molecular weight excluding hydrogens is 469 g/mol. The van der Waals surface area contributed by atoms with E-state index in [0.717, 1.165) is 11.6 Å². The van der Waals surface area contributed by atoms with E-state index in [0.29, 0.717) is 30.7 Å². The third-order valence-electron chi connectivity index (χ3n) is 4.49. The number of nitrogens with one attached hydrogen (secondary N) is 1. The first-order valence-electron chi connectivity index (χ1n) is 8.83. The van der Waals surface area contributed by atoms with E-state index in [2.05, 4.69) is 21.2 Å². The smallest absolute Gasteiger partial charge is 0.293 e. The topological polar surface area (TPSA) is 102 Å². The number of ether oxygens (including phenoxy) is 1. The van der Waals surface area contributed by atoms with Crippen LogP contribution in [0.15, 0.2) is 45.8 Å². The van der Waals surface area contributed by atoms with Gasteiger partial charge in [0.2, 0.25) is 10.0 Å². The van der Waals surface area contributed by atoms with Gasteiger partial charge in [-0.15, -0.1) is 0 Å². The fourth-order valence-corrected chi connectivity index (χ4v) is 4.80. The quantitative estimate of drug-likeness (QED) is 0.475. The van der Waals surface area contributed by atoms with Crippen LogP contribution in [0.2, 0.25) is 0 Å². The first kappa shape index (κ1) is 21.6. The molecule has 0 spiro atoms. The van der Waals surface area contributed by atoms with Crippen LogP contribution in [0.1, 0.15) is 5.56 Å². The first-order chi connectivity index (χ1) is 13.8. The Kier molecular flexibility index (Phi) is 6.83. The van der Waals surface area contributed by atoms with E-state index >= 15 is 0 Å². The standard InChI is InChI=1S/C18H19BrFN3O5S/c19-15-11-13(1-3-16(15)20)5-6-21-17-4-2-14(12-18(17)23(24)25)29(26,27)22-7-9-28-10-8-22/h1-4,11-12,21H,5-10H2. The number of sulfonamides is 1. The van der Waals surface area contributed by atoms with Crippen molar-refractivity contribution in [3.63, 3.8) is 0 Å². The number of benzene rings is 2. The summed E-state index contributed by atoms with van der Waals surface area (Å²) >= 11 is 3.12. The molecule has 8 nitrogen and oxygen atoms in total. The van der Waals surface area contributed by atoms with Crippen molar-refractivity contribution in [1.82, 2.24) is 4.31 Å². The summed E-state index contributed by atoms with van der Waals surface area (Å²) < 4.78 is 45.5. The molecular formula is C18H19BrFN3O5S. The Hall–Kier alpha value is -2.08. The molecule has 1 N–H and O–H groups in total. The Morgan fingerprint density at radius 3 is 2.59 bits per heavy atom. The van der Waals surface area contributed by atoms with E-state index in [4.69, 9.17) is 4.74 Å². The summed E-state index contributed by atoms with van der Waals surface area (Å²) in [4.78, 5) is 10.7. The molecule has 0 amide bonds. The van der Waals surface area contributed by atoms with Crippen LogP contribution in [0, 0.1) is 15.9 Å². The van der Waals surface area contributed by atoms with Crippen molar-refractivity contribution >= 4 is 37.3 Å². The minimum absolute atomic E-state index is 0.126. The highest BCUT2D eigenvalue weighted by Gasteiger charge is 2.28. The van der Waals surface area contributed by atoms with Gasteiger partial charge in [-0.25, -0.2) is 12.8 Å². The van der Waals surface area contributed by atoms with Gasteiger partial charge in [0.25, 0.3) is 5.69 Å². The van der Waals surface area contributed by atoms with E-state index in [1.807, 2.05) is 0 Å². The molecule has 0 aliphatic carbocycles. The summed E-state index contributed by atoms with van der Waals surface area (Å²) in [6.07, 6.45) is 0.504. The van der Waals surface area contributed by atoms with Crippen LogP contribution in [-0.4, -0.2) is 50.5 Å². The summed E-state index contributed by atoms with van der Waals surface area (Å²) in [5, 5.41) is 14.4. The summed E-state index contributed by atoms with van der Waals surface area (Å²) in [6, 6.07) is 8.44. The highest BCUT2D eigenvalue weighted by molar-refractivity contribution is 9.10. The van der Waals surface area contributed by atoms with Crippen LogP contribution in [-0.2, 0) is 21.2 Å². The lowest BCUT2D eigenvalue weighted by molar-refractivity contribution is -0.384. The number of rotatable bonds is 7. The molecule has 0 atom stereocenters. The Bertz CT molecular complexity index is 1010. The third-order valence-corrected chi connectivity index (χ3v) is 6.99. The lowest BCUT2D eigenvalue weighted by Crippen LogP contribution is -2.40. The van der Waals surface area contributed by atoms with Gasteiger partial charge in [0.05, 0.1) is 27.5 Å². The number of hydrogen-bond donors (Lipinski definition) is 1. The molecule has 2 aromatic rings. The van der Waals surface area contributed by atoms with Crippen molar-refractivity contribution < 1.29 is 22.5 Å². The van der Waals surface area contributed by atoms with Crippen molar-refractivity contribution in [3.05, 3.63) is 62.4 Å². The van der Waals surface area contributed by atoms with E-state index in [-0.39, 0.29) is 35.2 Å². The van der Waals surface area contributed by atoms with Gasteiger partial charge in [0.15, 0.2) is 0 Å². The maximum Gasteiger partial charge on any atom is 0.293 e. The Labute approximate surface area is 176 Å². The van der Waals surface area contributed by atoms with Gasteiger partial charge in [-0.05, 0) is 52.2 Å². The van der Waals surface area contributed by atoms with Gasteiger partial charge in [-0.1, -0.05) is 6.07 Å². The van der Waals surface area contributed by atoms with Crippen molar-refractivity contribution in [2.24, 2.45) is 0 Å². The molecule has 2 aromatic carbocycles. The average molecular weight is 488 g/mol. The van der Waals surface area contributed by atoms with Gasteiger partial charge in [0.1, 0.15) is 11.5 Å². The largest absolute Gasteiger partial charge is 0.379 e. The molecule has 1 aliphatic heterocycles. The predicted octanol–water partition coefficient (Wildman–Crippen LogP) is 3.17. The van der Waals surface area contributed by atoms with Gasteiger partial charge >= 0.3 is 0 Å². The third kappa shape index (κ3) is 5.10. The van der Waals surface area contributed by atoms with Crippen molar-refractivity contribution in [2.45, 2.75) is 11.3 Å². The van der Waals surface area contributed by atoms with Crippen LogP contribution in [0.4, 0.5) is 15.8 Å². The second-order valence-corrected chi connectivity index (χ2v) is 9.17. The minimum atomic E-state index is -3.83. The number of morpholine rings is 1. The van der Waals surface area contributed by atoms with Gasteiger partial charge in [-0.3, -0.25) is 10.1 Å². The lowest BCUT2D eigenvalue weighted by Gasteiger charge is -2.26. The molecule has 1 fully saturated rings. The number of nitrogens with zero attached hydrogens (tertiary/aromatic N) is 2. The zero-order valence-corrected chi connectivity index (χ0v) is 17.7. The molecule has 1 saturated heterocycles. The van der Waals surface area contributed by atoms with Gasteiger partial charge in [-0.2, -0.15) is 4.31 Å². The van der Waals surface area contributed by atoms with Gasteiger partial charge in [0, 0.05) is 25.7 Å². The molecule has 0 saturated carbocycles. The molecule has 11 heteroatoms. The number of anilines is 1. The van der Waals surface area contributed by atoms with Crippen LogP contribution in [0.3, 0.4) is 0 Å². The number of nitro groups is 1. The second-order valence-electron chi connectivity index (χ2n) is 6.38. The summed E-state index contributed by atoms with van der Waals surface area (Å²) in [6.45, 7) is 1.36. The molecule has 1 heterocycles. The van der Waals surface area contributed by atoms with Crippen molar-refractivity contribution in [2.75, 3.05) is 38.2 Å². The van der Waals surface area contributed by atoms with Crippen LogP contribution < -0.4 is 5.32 Å². The van der Waals surface area contributed by atoms with Gasteiger partial charge < -0.3 is 10.1 Å². The molecule has 0 bridgehead atoms. The number of halogens is 2. The molecule has 0 aromatic heterocycles. The monoisotopic (exact) mass is 487 g/mol. The van der Waals surface area contributed by atoms with E-state index in [1.165, 1.54) is 22.5 Å². The Morgan fingerprint density at radius 2 is 1.93 bits per heavy atom. The number of nitro benzene ring substituents is 1. The van der Waals surface area contributed by atoms with E-state index in [1.54, 1.807) is 12.1 Å². The lowest BCUT2D eigenvalue weighted by atomic mass is 10.1. The Morgan fingerprint density at radius 1 is 1.21 bits per heavy atom. The SMILES string of the molecule is O=[N+]([O-])c1cc(S(=O)(=O)N2CCOCC2)ccc1NCCc1ccc(F)c(Br)c1. The molecule has 29 heavy (non-hydrogen) atoms. The summed E-state index contributed by atoms with van der Waals surface area (Å²) in [5.74, 6) is -0.366. The van der Waals surface area contributed by atoms with Crippen molar-refractivity contribution in [1.29, 1.82) is 0 Å². The average Bonchev–Trinajstić information content (AvgIpc) is 2.71. The molecule has 156 valence electrons. The maximum atomic E-state index is 13.3. The fraction of sp³-hybridized carbons (Fsp3) is 0.333. The second kappa shape index (κ2) is 9.16. The molecule has 1 aliphatic rings. The molecule has 3 rings (SSSR count). The molecule has 0 radical (unpaired) electrons. The zero-order chi connectivity index (χ0) is 21.0. The zero-order valence-electron chi connectivity index (χ0n) is 15.3. The molecule has 0 unspecified atom stereocenters. The minimum Gasteiger partial charge on any atom is -0.379 e. The van der Waals surface area contributed by atoms with Crippen LogP contribution in [0.5, 0.6) is 0 Å². The van der Waals surface area contributed by atoms with E-state index < -0.39 is 14.9 Å². The highest BCUT2D eigenvalue weighted by Crippen LogP contribution is 2.29. The number of hydrogen-bond acceptors (Lipinski definition) is 6. The highest BCUT2D eigenvalue weighted by atomic mass is 79.9. The fourth-order valence-electron chi connectivity index (χ4n) is 2.95. The predicted molar refractivity (Wildman–Crippen MR) is 109 cm³/mol. The normalized spacial score (nSPS) is 15.2. The van der Waals surface area contributed by atoms with Crippen LogP contribution >= 0.6 is 15.9 Å². The Balaban J connectivity index is 1.75. The van der Waals surface area contributed by atoms with Crippen molar-refractivity contribution in [3.8, 4) is 0 Å².